The second-order valence-corrected chi connectivity index (χ2v) is 6.43. The lowest BCUT2D eigenvalue weighted by Crippen LogP contribution is -2.12. The molecule has 0 unspecified atom stereocenters. The van der Waals surface area contributed by atoms with Crippen LogP contribution in [0.5, 0.6) is 0 Å². The largest absolute Gasteiger partial charge is 0.335 e. The third-order valence-corrected chi connectivity index (χ3v) is 4.60. The molecule has 0 aliphatic heterocycles. The summed E-state index contributed by atoms with van der Waals surface area (Å²) in [6.45, 7) is 0. The number of nitrogens with two attached hydrogens (primary N) is 1. The van der Waals surface area contributed by atoms with Crippen LogP contribution in [0.3, 0.4) is 0 Å². The highest BCUT2D eigenvalue weighted by Crippen LogP contribution is 2.26. The van der Waals surface area contributed by atoms with Gasteiger partial charge in [0.15, 0.2) is 5.82 Å². The van der Waals surface area contributed by atoms with Crippen molar-refractivity contribution in [1.29, 1.82) is 0 Å². The maximum Gasteiger partial charge on any atom is 0.210 e. The second kappa shape index (κ2) is 6.50. The number of rotatable bonds is 4. The molecule has 0 bridgehead atoms. The minimum absolute atomic E-state index is 0.316. The predicted molar refractivity (Wildman–Crippen MR) is 89.3 cm³/mol. The van der Waals surface area contributed by atoms with Gasteiger partial charge in [0.1, 0.15) is 5.82 Å². The predicted octanol–water partition coefficient (Wildman–Crippen LogP) is 3.85. The Bertz CT molecular complexity index is 788. The van der Waals surface area contributed by atoms with E-state index in [0.717, 1.165) is 10.0 Å². The third kappa shape index (κ3) is 3.15. The van der Waals surface area contributed by atoms with Crippen molar-refractivity contribution in [2.75, 3.05) is 5.84 Å². The fourth-order valence-corrected chi connectivity index (χ4v) is 3.01. The monoisotopic (exact) mass is 378 g/mol. The van der Waals surface area contributed by atoms with Gasteiger partial charge in [-0.05, 0) is 29.8 Å². The Morgan fingerprint density at radius 3 is 2.55 bits per heavy atom. The minimum atomic E-state index is -0.369. The van der Waals surface area contributed by atoms with Crippen LogP contribution in [-0.2, 0) is 5.75 Å². The molecule has 1 heterocycles. The number of benzene rings is 2. The summed E-state index contributed by atoms with van der Waals surface area (Å²) in [7, 11) is 0. The molecule has 0 radical (unpaired) electrons. The van der Waals surface area contributed by atoms with Gasteiger partial charge in [0, 0.05) is 10.2 Å². The molecule has 0 atom stereocenters. The van der Waals surface area contributed by atoms with Crippen molar-refractivity contribution < 1.29 is 4.39 Å². The highest BCUT2D eigenvalue weighted by Gasteiger charge is 2.15. The van der Waals surface area contributed by atoms with Crippen molar-refractivity contribution in [1.82, 2.24) is 14.9 Å². The quantitative estimate of drug-likeness (QED) is 0.553. The lowest BCUT2D eigenvalue weighted by atomic mass is 10.2. The van der Waals surface area contributed by atoms with E-state index >= 15 is 0 Å². The summed E-state index contributed by atoms with van der Waals surface area (Å²) in [4.78, 5) is 0. The van der Waals surface area contributed by atoms with Crippen molar-refractivity contribution in [2.24, 2.45) is 0 Å². The second-order valence-electron chi connectivity index (χ2n) is 4.57. The summed E-state index contributed by atoms with van der Waals surface area (Å²) >= 11 is 4.85. The van der Waals surface area contributed by atoms with Crippen LogP contribution in [-0.4, -0.2) is 14.9 Å². The van der Waals surface area contributed by atoms with E-state index in [9.17, 15) is 4.39 Å². The van der Waals surface area contributed by atoms with Crippen LogP contribution in [0.25, 0.3) is 11.4 Å². The molecule has 3 aromatic rings. The number of thioether (sulfide) groups is 1. The Hall–Kier alpha value is -1.86. The maximum absolute atomic E-state index is 13.8. The van der Waals surface area contributed by atoms with Crippen LogP contribution in [0.4, 0.5) is 4.39 Å². The first kappa shape index (κ1) is 15.1. The molecule has 2 N–H and O–H groups in total. The highest BCUT2D eigenvalue weighted by atomic mass is 79.9. The zero-order chi connectivity index (χ0) is 15.5. The molecule has 112 valence electrons. The summed E-state index contributed by atoms with van der Waals surface area (Å²) in [6.07, 6.45) is 0. The Labute approximate surface area is 139 Å². The molecule has 0 fully saturated rings. The van der Waals surface area contributed by atoms with E-state index < -0.39 is 0 Å². The van der Waals surface area contributed by atoms with Crippen LogP contribution < -0.4 is 5.84 Å². The SMILES string of the molecule is Nn1c(SCc2ccc(Br)cc2)nnc1-c1ccccc1F. The van der Waals surface area contributed by atoms with E-state index in [4.69, 9.17) is 5.84 Å². The normalized spacial score (nSPS) is 10.8. The van der Waals surface area contributed by atoms with Crippen molar-refractivity contribution >= 4 is 27.7 Å². The average molecular weight is 379 g/mol. The van der Waals surface area contributed by atoms with Crippen molar-refractivity contribution in [3.8, 4) is 11.4 Å². The first-order valence-electron chi connectivity index (χ1n) is 6.48. The third-order valence-electron chi connectivity index (χ3n) is 3.06. The van der Waals surface area contributed by atoms with Crippen molar-refractivity contribution in [3.63, 3.8) is 0 Å². The first-order chi connectivity index (χ1) is 10.6. The Morgan fingerprint density at radius 2 is 1.82 bits per heavy atom. The van der Waals surface area contributed by atoms with Gasteiger partial charge in [-0.1, -0.05) is 52.0 Å². The molecule has 22 heavy (non-hydrogen) atoms. The van der Waals surface area contributed by atoms with E-state index in [0.29, 0.717) is 22.3 Å². The van der Waals surface area contributed by atoms with Crippen molar-refractivity contribution in [3.05, 3.63) is 64.4 Å². The van der Waals surface area contributed by atoms with Gasteiger partial charge in [-0.3, -0.25) is 0 Å². The molecule has 4 nitrogen and oxygen atoms in total. The molecule has 3 rings (SSSR count). The molecule has 2 aromatic carbocycles. The molecule has 0 spiro atoms. The van der Waals surface area contributed by atoms with Crippen LogP contribution in [0.2, 0.25) is 0 Å². The molecular formula is C15H12BrFN4S. The molecule has 1 aromatic heterocycles. The standard InChI is InChI=1S/C15H12BrFN4S/c16-11-7-5-10(6-8-11)9-22-15-20-19-14(21(15)18)12-3-1-2-4-13(12)17/h1-8H,9,18H2. The van der Waals surface area contributed by atoms with Gasteiger partial charge in [0.05, 0.1) is 5.56 Å². The van der Waals surface area contributed by atoms with E-state index in [1.54, 1.807) is 18.2 Å². The fourth-order valence-electron chi connectivity index (χ4n) is 1.93. The minimum Gasteiger partial charge on any atom is -0.335 e. The van der Waals surface area contributed by atoms with Crippen molar-refractivity contribution in [2.45, 2.75) is 10.9 Å². The first-order valence-corrected chi connectivity index (χ1v) is 8.25. The van der Waals surface area contributed by atoms with E-state index in [-0.39, 0.29) is 5.82 Å². The molecule has 0 aliphatic carbocycles. The van der Waals surface area contributed by atoms with E-state index in [1.165, 1.54) is 22.5 Å². The number of nitrogen functional groups attached to an aromatic ring is 1. The van der Waals surface area contributed by atoms with Crippen LogP contribution in [0, 0.1) is 5.82 Å². The zero-order valence-electron chi connectivity index (χ0n) is 11.4. The maximum atomic E-state index is 13.8. The summed E-state index contributed by atoms with van der Waals surface area (Å²) < 4.78 is 16.2. The summed E-state index contributed by atoms with van der Waals surface area (Å²) in [5.41, 5.74) is 1.48. The summed E-state index contributed by atoms with van der Waals surface area (Å²) in [6, 6.07) is 14.4. The molecule has 0 aliphatic rings. The molecule has 7 heteroatoms. The summed E-state index contributed by atoms with van der Waals surface area (Å²) in [5.74, 6) is 6.64. The van der Waals surface area contributed by atoms with Gasteiger partial charge in [-0.25, -0.2) is 9.07 Å². The lowest BCUT2D eigenvalue weighted by Gasteiger charge is -2.04. The number of aromatic nitrogens is 3. The van der Waals surface area contributed by atoms with Gasteiger partial charge < -0.3 is 5.84 Å². The molecule has 0 saturated carbocycles. The van der Waals surface area contributed by atoms with Gasteiger partial charge in [0.2, 0.25) is 5.16 Å². The molecule has 0 saturated heterocycles. The lowest BCUT2D eigenvalue weighted by molar-refractivity contribution is 0.629. The van der Waals surface area contributed by atoms with E-state index in [2.05, 4.69) is 26.1 Å². The van der Waals surface area contributed by atoms with E-state index in [1.807, 2.05) is 24.3 Å². The number of nitrogens with zero attached hydrogens (tertiary/aromatic N) is 3. The fraction of sp³-hybridized carbons (Fsp3) is 0.0667. The molecular weight excluding hydrogens is 367 g/mol. The van der Waals surface area contributed by atoms with Crippen LogP contribution >= 0.6 is 27.7 Å². The average Bonchev–Trinajstić information content (AvgIpc) is 2.88. The Morgan fingerprint density at radius 1 is 1.09 bits per heavy atom. The Balaban J connectivity index is 1.79. The highest BCUT2D eigenvalue weighted by molar-refractivity contribution is 9.10. The van der Waals surface area contributed by atoms with Gasteiger partial charge in [0.25, 0.3) is 0 Å². The van der Waals surface area contributed by atoms with Gasteiger partial charge >= 0.3 is 0 Å². The zero-order valence-corrected chi connectivity index (χ0v) is 13.8. The van der Waals surface area contributed by atoms with Gasteiger partial charge in [-0.15, -0.1) is 10.2 Å². The summed E-state index contributed by atoms with van der Waals surface area (Å²) in [5, 5.41) is 8.58. The number of halogens is 2. The molecule has 0 amide bonds. The Kier molecular flexibility index (Phi) is 4.44. The number of hydrogen-bond acceptors (Lipinski definition) is 4. The van der Waals surface area contributed by atoms with Crippen LogP contribution in [0.1, 0.15) is 5.56 Å². The topological polar surface area (TPSA) is 56.7 Å². The van der Waals surface area contributed by atoms with Gasteiger partial charge in [-0.2, -0.15) is 0 Å². The number of hydrogen-bond donors (Lipinski definition) is 1. The van der Waals surface area contributed by atoms with Crippen LogP contribution in [0.15, 0.2) is 58.2 Å². The smallest absolute Gasteiger partial charge is 0.210 e.